The summed E-state index contributed by atoms with van der Waals surface area (Å²) in [7, 11) is 2.10. The van der Waals surface area contributed by atoms with Crippen LogP contribution in [0, 0.1) is 0 Å². The van der Waals surface area contributed by atoms with Crippen LogP contribution in [0.25, 0.3) is 0 Å². The lowest BCUT2D eigenvalue weighted by atomic mass is 10.2. The fraction of sp³-hybridized carbons (Fsp3) is 0.462. The quantitative estimate of drug-likeness (QED) is 0.604. The molecule has 2 aromatic heterocycles. The summed E-state index contributed by atoms with van der Waals surface area (Å²) in [5.74, 6) is 1.00. The van der Waals surface area contributed by atoms with Crippen LogP contribution in [0.4, 0.5) is 0 Å². The van der Waals surface area contributed by atoms with Crippen LogP contribution in [0.3, 0.4) is 0 Å². The Kier molecular flexibility index (Phi) is 5.30. The average molecular weight is 294 g/mol. The van der Waals surface area contributed by atoms with Crippen molar-refractivity contribution in [2.75, 3.05) is 12.8 Å². The lowest BCUT2D eigenvalue weighted by Crippen LogP contribution is -2.22. The molecular formula is C13H18N4S2. The maximum Gasteiger partial charge on any atom is 0.187 e. The highest BCUT2D eigenvalue weighted by Crippen LogP contribution is 2.22. The molecule has 1 atom stereocenters. The van der Waals surface area contributed by atoms with Crippen molar-refractivity contribution in [2.45, 2.75) is 31.6 Å². The molecule has 0 saturated carbocycles. The maximum absolute atomic E-state index is 4.36. The van der Waals surface area contributed by atoms with E-state index in [2.05, 4.69) is 40.7 Å². The van der Waals surface area contributed by atoms with Gasteiger partial charge in [-0.3, -0.25) is 4.90 Å². The topological polar surface area (TPSA) is 41.9 Å². The summed E-state index contributed by atoms with van der Waals surface area (Å²) in [5, 5.41) is 4.00. The molecule has 0 N–H and O–H groups in total. The minimum atomic E-state index is 0.310. The van der Waals surface area contributed by atoms with E-state index in [0.717, 1.165) is 28.0 Å². The molecule has 0 unspecified atom stereocenters. The molecule has 0 aliphatic heterocycles. The van der Waals surface area contributed by atoms with E-state index in [1.54, 1.807) is 23.1 Å². The number of thiazole rings is 1. The Hall–Kier alpha value is -0.980. The zero-order valence-corrected chi connectivity index (χ0v) is 13.0. The van der Waals surface area contributed by atoms with Gasteiger partial charge in [0.1, 0.15) is 5.01 Å². The van der Waals surface area contributed by atoms with E-state index < -0.39 is 0 Å². The third-order valence-electron chi connectivity index (χ3n) is 2.86. The van der Waals surface area contributed by atoms with Gasteiger partial charge in [0.05, 0.1) is 6.04 Å². The van der Waals surface area contributed by atoms with Gasteiger partial charge in [-0.2, -0.15) is 0 Å². The van der Waals surface area contributed by atoms with Gasteiger partial charge in [-0.05, 0) is 19.7 Å². The fourth-order valence-electron chi connectivity index (χ4n) is 1.68. The normalized spacial score (nSPS) is 12.8. The fourth-order valence-corrected chi connectivity index (χ4v) is 2.95. The Morgan fingerprint density at radius 3 is 2.63 bits per heavy atom. The van der Waals surface area contributed by atoms with E-state index in [9.17, 15) is 0 Å². The molecule has 4 nitrogen and oxygen atoms in total. The minimum Gasteiger partial charge on any atom is -0.293 e. The number of hydrogen-bond acceptors (Lipinski definition) is 6. The number of rotatable bonds is 6. The van der Waals surface area contributed by atoms with Crippen LogP contribution in [0.2, 0.25) is 0 Å². The minimum absolute atomic E-state index is 0.310. The van der Waals surface area contributed by atoms with Crippen LogP contribution in [0.15, 0.2) is 29.1 Å². The van der Waals surface area contributed by atoms with Crippen molar-refractivity contribution in [3.63, 3.8) is 0 Å². The summed E-state index contributed by atoms with van der Waals surface area (Å²) in [6.45, 7) is 5.10. The maximum atomic E-state index is 4.36. The van der Waals surface area contributed by atoms with Crippen LogP contribution in [-0.2, 0) is 6.54 Å². The summed E-state index contributed by atoms with van der Waals surface area (Å²) in [4.78, 5) is 15.3. The van der Waals surface area contributed by atoms with E-state index in [-0.39, 0.29) is 0 Å². The Balaban J connectivity index is 1.96. The molecule has 2 rings (SSSR count). The summed E-state index contributed by atoms with van der Waals surface area (Å²) < 4.78 is 0. The Labute approximate surface area is 122 Å². The molecule has 0 aliphatic carbocycles. The highest BCUT2D eigenvalue weighted by molar-refractivity contribution is 7.99. The zero-order chi connectivity index (χ0) is 13.7. The molecule has 0 amide bonds. The highest BCUT2D eigenvalue weighted by Gasteiger charge is 2.14. The van der Waals surface area contributed by atoms with Crippen molar-refractivity contribution in [3.8, 4) is 0 Å². The first-order valence-corrected chi connectivity index (χ1v) is 8.10. The monoisotopic (exact) mass is 294 g/mol. The summed E-state index contributed by atoms with van der Waals surface area (Å²) >= 11 is 3.35. The van der Waals surface area contributed by atoms with Gasteiger partial charge in [0.2, 0.25) is 0 Å². The molecule has 102 valence electrons. The van der Waals surface area contributed by atoms with Crippen molar-refractivity contribution in [3.05, 3.63) is 34.5 Å². The molecule has 0 aromatic carbocycles. The predicted molar refractivity (Wildman–Crippen MR) is 80.4 cm³/mol. The predicted octanol–water partition coefficient (Wildman–Crippen LogP) is 3.24. The first kappa shape index (κ1) is 14.4. The Bertz CT molecular complexity index is 484. The SMILES string of the molecule is CCSc1ncc(CN(C)[C@@H](C)c2nccs2)cn1. The van der Waals surface area contributed by atoms with E-state index in [4.69, 9.17) is 0 Å². The number of aromatic nitrogens is 3. The van der Waals surface area contributed by atoms with Gasteiger partial charge in [0.25, 0.3) is 0 Å². The molecule has 0 saturated heterocycles. The molecule has 0 radical (unpaired) electrons. The van der Waals surface area contributed by atoms with Gasteiger partial charge in [-0.25, -0.2) is 15.0 Å². The second kappa shape index (κ2) is 6.98. The van der Waals surface area contributed by atoms with E-state index in [1.165, 1.54) is 0 Å². The average Bonchev–Trinajstić information content (AvgIpc) is 2.94. The van der Waals surface area contributed by atoms with Crippen LogP contribution >= 0.6 is 23.1 Å². The van der Waals surface area contributed by atoms with Crippen molar-refractivity contribution < 1.29 is 0 Å². The summed E-state index contributed by atoms with van der Waals surface area (Å²) in [6.07, 6.45) is 5.68. The van der Waals surface area contributed by atoms with Crippen LogP contribution in [0.5, 0.6) is 0 Å². The van der Waals surface area contributed by atoms with Gasteiger partial charge < -0.3 is 0 Å². The standard InChI is InChI=1S/C13H18N4S2/c1-4-18-13-15-7-11(8-16-13)9-17(3)10(2)12-14-5-6-19-12/h5-8,10H,4,9H2,1-3H3/t10-/m0/s1. The summed E-state index contributed by atoms with van der Waals surface area (Å²) in [6, 6.07) is 0.310. The zero-order valence-electron chi connectivity index (χ0n) is 11.4. The molecule has 2 heterocycles. The third-order valence-corrected chi connectivity index (χ3v) is 4.56. The molecule has 2 aromatic rings. The molecule has 0 spiro atoms. The second-order valence-corrected chi connectivity index (χ2v) is 6.43. The first-order valence-electron chi connectivity index (χ1n) is 6.24. The van der Waals surface area contributed by atoms with Gasteiger partial charge in [0.15, 0.2) is 5.16 Å². The van der Waals surface area contributed by atoms with Gasteiger partial charge in [-0.15, -0.1) is 11.3 Å². The van der Waals surface area contributed by atoms with Crippen molar-refractivity contribution in [2.24, 2.45) is 0 Å². The molecule has 0 bridgehead atoms. The highest BCUT2D eigenvalue weighted by atomic mass is 32.2. The van der Waals surface area contributed by atoms with Gasteiger partial charge in [0, 0.05) is 36.1 Å². The van der Waals surface area contributed by atoms with E-state index >= 15 is 0 Å². The third kappa shape index (κ3) is 3.99. The lowest BCUT2D eigenvalue weighted by molar-refractivity contribution is 0.252. The van der Waals surface area contributed by atoms with Crippen molar-refractivity contribution in [1.82, 2.24) is 19.9 Å². The molecule has 6 heteroatoms. The number of nitrogens with zero attached hydrogens (tertiary/aromatic N) is 4. The van der Waals surface area contributed by atoms with E-state index in [1.807, 2.05) is 24.0 Å². The Morgan fingerprint density at radius 1 is 1.32 bits per heavy atom. The van der Waals surface area contributed by atoms with Gasteiger partial charge in [-0.1, -0.05) is 18.7 Å². The Morgan fingerprint density at radius 2 is 2.05 bits per heavy atom. The van der Waals surface area contributed by atoms with Crippen LogP contribution < -0.4 is 0 Å². The number of thioether (sulfide) groups is 1. The molecule has 0 fully saturated rings. The smallest absolute Gasteiger partial charge is 0.187 e. The second-order valence-electron chi connectivity index (χ2n) is 4.27. The molecular weight excluding hydrogens is 276 g/mol. The molecule has 19 heavy (non-hydrogen) atoms. The van der Waals surface area contributed by atoms with E-state index in [0.29, 0.717) is 6.04 Å². The largest absolute Gasteiger partial charge is 0.293 e. The van der Waals surface area contributed by atoms with Gasteiger partial charge >= 0.3 is 0 Å². The first-order chi connectivity index (χ1) is 9.20. The van der Waals surface area contributed by atoms with Crippen LogP contribution in [0.1, 0.15) is 30.5 Å². The number of hydrogen-bond donors (Lipinski definition) is 0. The van der Waals surface area contributed by atoms with Crippen LogP contribution in [-0.4, -0.2) is 32.7 Å². The molecule has 0 aliphatic rings. The lowest BCUT2D eigenvalue weighted by Gasteiger charge is -2.22. The van der Waals surface area contributed by atoms with Crippen molar-refractivity contribution >= 4 is 23.1 Å². The summed E-state index contributed by atoms with van der Waals surface area (Å²) in [5.41, 5.74) is 1.13. The van der Waals surface area contributed by atoms with Crippen molar-refractivity contribution in [1.29, 1.82) is 0 Å².